The van der Waals surface area contributed by atoms with Crippen molar-refractivity contribution in [2.24, 2.45) is 5.92 Å². The Morgan fingerprint density at radius 2 is 1.69 bits per heavy atom. The van der Waals surface area contributed by atoms with Crippen molar-refractivity contribution >= 4 is 23.5 Å². The summed E-state index contributed by atoms with van der Waals surface area (Å²) in [6, 6.07) is 6.32. The van der Waals surface area contributed by atoms with Crippen LogP contribution >= 0.6 is 0 Å². The van der Waals surface area contributed by atoms with Crippen LogP contribution in [0.2, 0.25) is 0 Å². The molecular weight excluding hydrogens is 332 g/mol. The SMILES string of the molecule is CCC(C)(C)NC(=O)c1ccc(NCC(=O)NC(=O)NCC(C)C)cc1. The van der Waals surface area contributed by atoms with E-state index in [1.807, 2.05) is 34.6 Å². The highest BCUT2D eigenvalue weighted by atomic mass is 16.2. The summed E-state index contributed by atoms with van der Waals surface area (Å²) in [6.07, 6.45) is 0.832. The zero-order valence-corrected chi connectivity index (χ0v) is 16.2. The Bertz CT molecular complexity index is 624. The van der Waals surface area contributed by atoms with Crippen molar-refractivity contribution in [2.75, 3.05) is 18.4 Å². The predicted octanol–water partition coefficient (Wildman–Crippen LogP) is 2.50. The molecule has 26 heavy (non-hydrogen) atoms. The minimum absolute atomic E-state index is 0.0382. The highest BCUT2D eigenvalue weighted by molar-refractivity contribution is 5.96. The molecule has 0 unspecified atom stereocenters. The molecule has 0 fully saturated rings. The lowest BCUT2D eigenvalue weighted by atomic mass is 10.0. The second-order valence-corrected chi connectivity index (χ2v) is 7.27. The number of amides is 4. The van der Waals surface area contributed by atoms with Gasteiger partial charge in [-0.15, -0.1) is 0 Å². The lowest BCUT2D eigenvalue weighted by Crippen LogP contribution is -2.43. The highest BCUT2D eigenvalue weighted by Crippen LogP contribution is 2.12. The van der Waals surface area contributed by atoms with Gasteiger partial charge in [0, 0.05) is 23.3 Å². The number of rotatable bonds is 8. The first-order valence-corrected chi connectivity index (χ1v) is 8.87. The number of hydrogen-bond donors (Lipinski definition) is 4. The fourth-order valence-corrected chi connectivity index (χ4v) is 1.90. The molecule has 0 heterocycles. The molecule has 0 aliphatic carbocycles. The smallest absolute Gasteiger partial charge is 0.321 e. The van der Waals surface area contributed by atoms with Crippen LogP contribution in [0.5, 0.6) is 0 Å². The fourth-order valence-electron chi connectivity index (χ4n) is 1.90. The van der Waals surface area contributed by atoms with Gasteiger partial charge in [0.1, 0.15) is 0 Å². The van der Waals surface area contributed by atoms with Gasteiger partial charge >= 0.3 is 6.03 Å². The predicted molar refractivity (Wildman–Crippen MR) is 103 cm³/mol. The summed E-state index contributed by atoms with van der Waals surface area (Å²) >= 11 is 0. The van der Waals surface area contributed by atoms with E-state index in [0.29, 0.717) is 23.7 Å². The molecule has 7 heteroatoms. The minimum Gasteiger partial charge on any atom is -0.376 e. The second-order valence-electron chi connectivity index (χ2n) is 7.27. The van der Waals surface area contributed by atoms with Gasteiger partial charge < -0.3 is 16.0 Å². The maximum Gasteiger partial charge on any atom is 0.321 e. The van der Waals surface area contributed by atoms with Gasteiger partial charge in [-0.1, -0.05) is 20.8 Å². The molecule has 0 saturated heterocycles. The monoisotopic (exact) mass is 362 g/mol. The summed E-state index contributed by atoms with van der Waals surface area (Å²) in [5, 5.41) is 10.7. The number of imide groups is 1. The number of nitrogens with one attached hydrogen (secondary N) is 4. The number of urea groups is 1. The molecule has 0 aliphatic rings. The molecule has 0 radical (unpaired) electrons. The Morgan fingerprint density at radius 3 is 2.23 bits per heavy atom. The average Bonchev–Trinajstić information content (AvgIpc) is 2.58. The van der Waals surface area contributed by atoms with Crippen LogP contribution in [0.3, 0.4) is 0 Å². The Labute approximate surface area is 155 Å². The van der Waals surface area contributed by atoms with Crippen molar-refractivity contribution in [3.63, 3.8) is 0 Å². The summed E-state index contributed by atoms with van der Waals surface area (Å²) < 4.78 is 0. The van der Waals surface area contributed by atoms with E-state index in [1.165, 1.54) is 0 Å². The highest BCUT2D eigenvalue weighted by Gasteiger charge is 2.18. The second kappa shape index (κ2) is 9.79. The third-order valence-corrected chi connectivity index (χ3v) is 3.86. The van der Waals surface area contributed by atoms with E-state index in [-0.39, 0.29) is 18.0 Å². The van der Waals surface area contributed by atoms with Crippen LogP contribution in [0.4, 0.5) is 10.5 Å². The van der Waals surface area contributed by atoms with Crippen molar-refractivity contribution in [3.05, 3.63) is 29.8 Å². The van der Waals surface area contributed by atoms with E-state index in [9.17, 15) is 14.4 Å². The first-order chi connectivity index (χ1) is 12.1. The molecule has 144 valence electrons. The molecule has 4 amide bonds. The molecule has 0 spiro atoms. The summed E-state index contributed by atoms with van der Waals surface area (Å²) in [6.45, 7) is 10.4. The zero-order valence-electron chi connectivity index (χ0n) is 16.2. The first kappa shape index (κ1) is 21.5. The number of anilines is 1. The Morgan fingerprint density at radius 1 is 1.08 bits per heavy atom. The zero-order chi connectivity index (χ0) is 19.7. The normalized spacial score (nSPS) is 11.0. The number of benzene rings is 1. The van der Waals surface area contributed by atoms with Crippen LogP contribution in [-0.2, 0) is 4.79 Å². The van der Waals surface area contributed by atoms with Gasteiger partial charge in [0.2, 0.25) is 5.91 Å². The number of hydrogen-bond acceptors (Lipinski definition) is 4. The van der Waals surface area contributed by atoms with Crippen molar-refractivity contribution in [3.8, 4) is 0 Å². The van der Waals surface area contributed by atoms with E-state index in [2.05, 4.69) is 21.3 Å². The molecule has 0 bridgehead atoms. The van der Waals surface area contributed by atoms with Gasteiger partial charge in [0.05, 0.1) is 6.54 Å². The largest absolute Gasteiger partial charge is 0.376 e. The van der Waals surface area contributed by atoms with Crippen LogP contribution in [-0.4, -0.2) is 36.5 Å². The lowest BCUT2D eigenvalue weighted by Gasteiger charge is -2.24. The lowest BCUT2D eigenvalue weighted by molar-refractivity contribution is -0.118. The van der Waals surface area contributed by atoms with Crippen LogP contribution in [0.15, 0.2) is 24.3 Å². The standard InChI is InChI=1S/C19H30N4O3/c1-6-19(4,5)23-17(25)14-7-9-15(10-8-14)20-12-16(24)22-18(26)21-11-13(2)3/h7-10,13,20H,6,11-12H2,1-5H3,(H,23,25)(H2,21,22,24,26). The summed E-state index contributed by atoms with van der Waals surface area (Å²) in [5.74, 6) is -0.256. The summed E-state index contributed by atoms with van der Waals surface area (Å²) in [7, 11) is 0. The molecule has 0 atom stereocenters. The van der Waals surface area contributed by atoms with Gasteiger partial charge in [-0.3, -0.25) is 14.9 Å². The van der Waals surface area contributed by atoms with Crippen molar-refractivity contribution < 1.29 is 14.4 Å². The number of carbonyl (C=O) groups excluding carboxylic acids is 3. The Hall–Kier alpha value is -2.57. The van der Waals surface area contributed by atoms with E-state index in [0.717, 1.165) is 6.42 Å². The maximum atomic E-state index is 12.2. The molecule has 0 aromatic heterocycles. The maximum absolute atomic E-state index is 12.2. The molecular formula is C19H30N4O3. The topological polar surface area (TPSA) is 99.3 Å². The Balaban J connectivity index is 2.46. The first-order valence-electron chi connectivity index (χ1n) is 8.87. The summed E-state index contributed by atoms with van der Waals surface area (Å²) in [5.41, 5.74) is 0.978. The van der Waals surface area contributed by atoms with Gasteiger partial charge in [0.25, 0.3) is 5.91 Å². The van der Waals surface area contributed by atoms with Crippen LogP contribution in [0.25, 0.3) is 0 Å². The van der Waals surface area contributed by atoms with E-state index in [4.69, 9.17) is 0 Å². The third kappa shape index (κ3) is 8.00. The fraction of sp³-hybridized carbons (Fsp3) is 0.526. The molecule has 1 aromatic carbocycles. The quantitative estimate of drug-likeness (QED) is 0.571. The van der Waals surface area contributed by atoms with Gasteiger partial charge in [-0.2, -0.15) is 0 Å². The van der Waals surface area contributed by atoms with Crippen molar-refractivity contribution in [1.82, 2.24) is 16.0 Å². The Kier molecular flexibility index (Phi) is 8.09. The molecule has 4 N–H and O–H groups in total. The minimum atomic E-state index is -0.504. The summed E-state index contributed by atoms with van der Waals surface area (Å²) in [4.78, 5) is 35.4. The molecule has 0 saturated carbocycles. The average molecular weight is 362 g/mol. The molecule has 0 aliphatic heterocycles. The van der Waals surface area contributed by atoms with Crippen molar-refractivity contribution in [1.29, 1.82) is 0 Å². The third-order valence-electron chi connectivity index (χ3n) is 3.86. The molecule has 7 nitrogen and oxygen atoms in total. The van der Waals surface area contributed by atoms with Crippen molar-refractivity contribution in [2.45, 2.75) is 46.6 Å². The van der Waals surface area contributed by atoms with Crippen LogP contribution < -0.4 is 21.3 Å². The van der Waals surface area contributed by atoms with Crippen LogP contribution in [0.1, 0.15) is 51.4 Å². The number of carbonyl (C=O) groups is 3. The molecule has 1 rings (SSSR count). The van der Waals surface area contributed by atoms with E-state index >= 15 is 0 Å². The van der Waals surface area contributed by atoms with Crippen LogP contribution in [0, 0.1) is 5.92 Å². The van der Waals surface area contributed by atoms with E-state index in [1.54, 1.807) is 24.3 Å². The van der Waals surface area contributed by atoms with Gasteiger partial charge in [0.15, 0.2) is 0 Å². The van der Waals surface area contributed by atoms with Gasteiger partial charge in [-0.25, -0.2) is 4.79 Å². The molecule has 1 aromatic rings. The van der Waals surface area contributed by atoms with Gasteiger partial charge in [-0.05, 0) is 50.5 Å². The van der Waals surface area contributed by atoms with E-state index < -0.39 is 11.9 Å².